The van der Waals surface area contributed by atoms with E-state index in [1.165, 1.54) is 15.8 Å². The zero-order chi connectivity index (χ0) is 12.8. The summed E-state index contributed by atoms with van der Waals surface area (Å²) in [6.45, 7) is 0. The first kappa shape index (κ1) is 10.9. The fraction of sp³-hybridized carbons (Fsp3) is 0.118. The summed E-state index contributed by atoms with van der Waals surface area (Å²) in [4.78, 5) is 12.7. The molecule has 0 amide bonds. The molecule has 0 N–H and O–H groups in total. The van der Waals surface area contributed by atoms with Crippen molar-refractivity contribution in [3.8, 4) is 0 Å². The minimum Gasteiger partial charge on any atom is -0.293 e. The van der Waals surface area contributed by atoms with Gasteiger partial charge in [-0.15, -0.1) is 11.3 Å². The van der Waals surface area contributed by atoms with Gasteiger partial charge in [-0.2, -0.15) is 0 Å². The zero-order valence-corrected chi connectivity index (χ0v) is 11.1. The first-order valence-electron chi connectivity index (χ1n) is 6.43. The summed E-state index contributed by atoms with van der Waals surface area (Å²) in [7, 11) is 0. The van der Waals surface area contributed by atoms with E-state index in [1.807, 2.05) is 35.7 Å². The molecule has 1 nitrogen and oxygen atoms in total. The number of thiophene rings is 1. The molecule has 1 aliphatic rings. The van der Waals surface area contributed by atoms with Gasteiger partial charge in [0.2, 0.25) is 0 Å². The van der Waals surface area contributed by atoms with Gasteiger partial charge in [-0.1, -0.05) is 42.5 Å². The molecule has 92 valence electrons. The average Bonchev–Trinajstić information content (AvgIpc) is 2.84. The largest absolute Gasteiger partial charge is 0.293 e. The van der Waals surface area contributed by atoms with Crippen LogP contribution >= 0.6 is 11.3 Å². The Morgan fingerprint density at radius 3 is 2.74 bits per heavy atom. The zero-order valence-electron chi connectivity index (χ0n) is 10.3. The molecule has 1 unspecified atom stereocenters. The summed E-state index contributed by atoms with van der Waals surface area (Å²) in [5, 5.41) is 3.11. The number of ketones is 1. The van der Waals surface area contributed by atoms with E-state index in [-0.39, 0.29) is 11.7 Å². The fourth-order valence-electron chi connectivity index (χ4n) is 2.85. The van der Waals surface area contributed by atoms with Crippen molar-refractivity contribution in [3.05, 3.63) is 70.6 Å². The molecular weight excluding hydrogens is 252 g/mol. The monoisotopic (exact) mass is 264 g/mol. The number of rotatable bonds is 2. The Morgan fingerprint density at radius 2 is 1.84 bits per heavy atom. The van der Waals surface area contributed by atoms with Crippen molar-refractivity contribution in [3.63, 3.8) is 0 Å². The van der Waals surface area contributed by atoms with Crippen LogP contribution in [0.15, 0.2) is 53.9 Å². The van der Waals surface area contributed by atoms with Crippen molar-refractivity contribution in [2.75, 3.05) is 0 Å². The van der Waals surface area contributed by atoms with Gasteiger partial charge in [-0.3, -0.25) is 4.79 Å². The van der Waals surface area contributed by atoms with Gasteiger partial charge in [0, 0.05) is 21.0 Å². The quantitative estimate of drug-likeness (QED) is 0.626. The second-order valence-electron chi connectivity index (χ2n) is 4.97. The molecule has 0 spiro atoms. The molecule has 2 heteroatoms. The van der Waals surface area contributed by atoms with Crippen molar-refractivity contribution in [2.45, 2.75) is 12.3 Å². The van der Waals surface area contributed by atoms with Gasteiger partial charge in [0.15, 0.2) is 5.78 Å². The van der Waals surface area contributed by atoms with Crippen LogP contribution in [0.3, 0.4) is 0 Å². The van der Waals surface area contributed by atoms with Crippen LogP contribution in [-0.2, 0) is 6.42 Å². The third-order valence-corrected chi connectivity index (χ3v) is 4.88. The second-order valence-corrected chi connectivity index (χ2v) is 5.88. The molecule has 0 saturated heterocycles. The summed E-state index contributed by atoms with van der Waals surface area (Å²) in [5.74, 6) is 0.338. The standard InChI is InChI=1S/C17H12OS/c18-17(14-9-11-5-1-2-6-12(11)14)15-10-19-16-8-4-3-7-13(15)16/h1-8,10,14H,9H2. The normalized spacial score (nSPS) is 16.9. The van der Waals surface area contributed by atoms with E-state index in [2.05, 4.69) is 18.2 Å². The minimum atomic E-state index is 0.0641. The highest BCUT2D eigenvalue weighted by Gasteiger charge is 2.33. The highest BCUT2D eigenvalue weighted by Crippen LogP contribution is 2.39. The molecule has 3 aromatic rings. The fourth-order valence-corrected chi connectivity index (χ4v) is 3.80. The van der Waals surface area contributed by atoms with E-state index in [4.69, 9.17) is 0 Å². The Morgan fingerprint density at radius 1 is 1.05 bits per heavy atom. The lowest BCUT2D eigenvalue weighted by molar-refractivity contribution is 0.0951. The summed E-state index contributed by atoms with van der Waals surface area (Å²) in [6.07, 6.45) is 0.888. The van der Waals surface area contributed by atoms with Crippen LogP contribution in [0.25, 0.3) is 10.1 Å². The van der Waals surface area contributed by atoms with Crippen LogP contribution in [0, 0.1) is 0 Å². The molecule has 19 heavy (non-hydrogen) atoms. The number of carbonyl (C=O) groups is 1. The van der Waals surface area contributed by atoms with Crippen LogP contribution in [-0.4, -0.2) is 5.78 Å². The molecule has 1 aromatic heterocycles. The summed E-state index contributed by atoms with van der Waals surface area (Å²) in [5.41, 5.74) is 3.42. The van der Waals surface area contributed by atoms with Crippen LogP contribution in [0.5, 0.6) is 0 Å². The summed E-state index contributed by atoms with van der Waals surface area (Å²) >= 11 is 1.65. The van der Waals surface area contributed by atoms with Crippen molar-refractivity contribution in [2.24, 2.45) is 0 Å². The smallest absolute Gasteiger partial charge is 0.172 e. The Hall–Kier alpha value is -1.93. The lowest BCUT2D eigenvalue weighted by Gasteiger charge is -2.28. The predicted octanol–water partition coefficient (Wildman–Crippen LogP) is 4.42. The number of benzene rings is 2. The Balaban J connectivity index is 1.77. The summed E-state index contributed by atoms with van der Waals surface area (Å²) < 4.78 is 1.19. The van der Waals surface area contributed by atoms with Gasteiger partial charge in [0.1, 0.15) is 0 Å². The van der Waals surface area contributed by atoms with Gasteiger partial charge in [-0.25, -0.2) is 0 Å². The lowest BCUT2D eigenvalue weighted by atomic mass is 9.74. The first-order chi connectivity index (χ1) is 9.34. The highest BCUT2D eigenvalue weighted by atomic mass is 32.1. The maximum absolute atomic E-state index is 12.7. The third kappa shape index (κ3) is 1.57. The van der Waals surface area contributed by atoms with Crippen molar-refractivity contribution < 1.29 is 4.79 Å². The average molecular weight is 264 g/mol. The van der Waals surface area contributed by atoms with Crippen LogP contribution in [0.1, 0.15) is 27.4 Å². The summed E-state index contributed by atoms with van der Waals surface area (Å²) in [6, 6.07) is 16.4. The van der Waals surface area contributed by atoms with Gasteiger partial charge >= 0.3 is 0 Å². The molecule has 1 heterocycles. The lowest BCUT2D eigenvalue weighted by Crippen LogP contribution is -2.25. The molecular formula is C17H12OS. The predicted molar refractivity (Wildman–Crippen MR) is 79.0 cm³/mol. The third-order valence-electron chi connectivity index (χ3n) is 3.92. The molecule has 0 aliphatic heterocycles. The number of Topliss-reactive ketones (excluding diaryl/α,β-unsaturated/α-hetero) is 1. The molecule has 2 aromatic carbocycles. The van der Waals surface area contributed by atoms with Crippen LogP contribution in [0.2, 0.25) is 0 Å². The van der Waals surface area contributed by atoms with E-state index in [0.29, 0.717) is 0 Å². The molecule has 1 aliphatic carbocycles. The van der Waals surface area contributed by atoms with E-state index in [0.717, 1.165) is 17.4 Å². The van der Waals surface area contributed by atoms with Gasteiger partial charge in [0.25, 0.3) is 0 Å². The highest BCUT2D eigenvalue weighted by molar-refractivity contribution is 7.17. The number of fused-ring (bicyclic) bond motifs is 2. The SMILES string of the molecule is O=C(c1csc2ccccc12)C1Cc2ccccc21. The van der Waals surface area contributed by atoms with Crippen LogP contribution in [0.4, 0.5) is 0 Å². The molecule has 0 bridgehead atoms. The molecule has 4 rings (SSSR count). The van der Waals surface area contributed by atoms with E-state index in [9.17, 15) is 4.79 Å². The Labute approximate surface area is 115 Å². The topological polar surface area (TPSA) is 17.1 Å². The minimum absolute atomic E-state index is 0.0641. The molecule has 0 radical (unpaired) electrons. The number of hydrogen-bond acceptors (Lipinski definition) is 2. The van der Waals surface area contributed by atoms with Gasteiger partial charge in [-0.05, 0) is 23.6 Å². The van der Waals surface area contributed by atoms with E-state index >= 15 is 0 Å². The Bertz CT molecular complexity index is 785. The van der Waals surface area contributed by atoms with E-state index < -0.39 is 0 Å². The first-order valence-corrected chi connectivity index (χ1v) is 7.31. The van der Waals surface area contributed by atoms with Crippen molar-refractivity contribution >= 4 is 27.2 Å². The number of carbonyl (C=O) groups excluding carboxylic acids is 1. The van der Waals surface area contributed by atoms with E-state index in [1.54, 1.807) is 11.3 Å². The van der Waals surface area contributed by atoms with Crippen molar-refractivity contribution in [1.29, 1.82) is 0 Å². The second kappa shape index (κ2) is 4.04. The van der Waals surface area contributed by atoms with Crippen molar-refractivity contribution in [1.82, 2.24) is 0 Å². The molecule has 0 fully saturated rings. The van der Waals surface area contributed by atoms with Crippen LogP contribution < -0.4 is 0 Å². The van der Waals surface area contributed by atoms with Gasteiger partial charge < -0.3 is 0 Å². The maximum Gasteiger partial charge on any atom is 0.172 e. The molecule has 0 saturated carbocycles. The van der Waals surface area contributed by atoms with Gasteiger partial charge in [0.05, 0.1) is 5.92 Å². The maximum atomic E-state index is 12.7. The number of hydrogen-bond donors (Lipinski definition) is 0. The Kier molecular flexibility index (Phi) is 2.32. The molecule has 1 atom stereocenters.